The second kappa shape index (κ2) is 14.2. The van der Waals surface area contributed by atoms with Crippen molar-refractivity contribution in [3.8, 4) is 50.6 Å². The van der Waals surface area contributed by atoms with Crippen molar-refractivity contribution in [3.05, 3.63) is 85.0 Å². The molecule has 4 aromatic rings. The minimum absolute atomic E-state index is 0.267. The Kier molecular flexibility index (Phi) is 11.5. The molecule has 3 N–H and O–H groups in total. The number of hydrogen-bond acceptors (Lipinski definition) is 3. The molecule has 0 radical (unpaired) electrons. The molecule has 4 rings (SSSR count). The largest absolute Gasteiger partial charge is 0.507 e. The van der Waals surface area contributed by atoms with Gasteiger partial charge in [0.2, 0.25) is 0 Å². The Hall–Kier alpha value is -3.72. The zero-order chi connectivity index (χ0) is 44.2. The second-order valence-corrected chi connectivity index (χ2v) is 23.5. The predicted molar refractivity (Wildman–Crippen MR) is 248 cm³/mol. The van der Waals surface area contributed by atoms with Crippen molar-refractivity contribution in [2.45, 2.75) is 199 Å². The minimum Gasteiger partial charge on any atom is -0.507 e. The first-order valence-corrected chi connectivity index (χ1v) is 21.2. The van der Waals surface area contributed by atoms with Gasteiger partial charge in [0.15, 0.2) is 0 Å². The number of benzene rings is 4. The molecule has 0 saturated carbocycles. The number of phenolic OH excluding ortho intramolecular Hbond substituents is 3. The van der Waals surface area contributed by atoms with Crippen molar-refractivity contribution in [1.29, 1.82) is 0 Å². The molecule has 0 spiro atoms. The molecule has 0 fully saturated rings. The van der Waals surface area contributed by atoms with Gasteiger partial charge in [-0.1, -0.05) is 143 Å². The molecule has 312 valence electrons. The van der Waals surface area contributed by atoms with E-state index in [-0.39, 0.29) is 16.2 Å². The minimum atomic E-state index is -0.395. The van der Waals surface area contributed by atoms with Crippen LogP contribution in [0.5, 0.6) is 17.2 Å². The highest BCUT2D eigenvalue weighted by Crippen LogP contribution is 2.56. The van der Waals surface area contributed by atoms with Gasteiger partial charge in [0.05, 0.1) is 0 Å². The maximum absolute atomic E-state index is 12.4. The summed E-state index contributed by atoms with van der Waals surface area (Å²) >= 11 is 0. The molecule has 0 aliphatic rings. The molecule has 3 heteroatoms. The number of aryl methyl sites for hydroxylation is 3. The summed E-state index contributed by atoms with van der Waals surface area (Å²) < 4.78 is 0. The van der Waals surface area contributed by atoms with Crippen LogP contribution in [0.1, 0.15) is 191 Å². The molecule has 3 nitrogen and oxygen atoms in total. The van der Waals surface area contributed by atoms with E-state index >= 15 is 0 Å². The lowest BCUT2D eigenvalue weighted by Crippen LogP contribution is -2.21. The topological polar surface area (TPSA) is 60.7 Å². The fourth-order valence-corrected chi connectivity index (χ4v) is 9.64. The third kappa shape index (κ3) is 8.03. The highest BCUT2D eigenvalue weighted by atomic mass is 16.3. The van der Waals surface area contributed by atoms with E-state index in [1.807, 2.05) is 0 Å². The summed E-state index contributed by atoms with van der Waals surface area (Å²) in [6.45, 7) is 52.7. The van der Waals surface area contributed by atoms with Crippen molar-refractivity contribution in [1.82, 2.24) is 0 Å². The quantitative estimate of drug-likeness (QED) is 0.194. The maximum atomic E-state index is 12.4. The number of hydrogen-bond donors (Lipinski definition) is 3. The summed E-state index contributed by atoms with van der Waals surface area (Å²) in [5.41, 5.74) is 16.8. The standard InChI is InChI=1S/C54H78O3/c1-28-25-34(49(7,8)9)46(55)43(52(16,17)18)37(28)40-31(4)41(38-29(2)26-35(50(10,11)12)47(56)44(38)53(19,20)21)33(6)42(32(40)5)39-30(3)27-36(51(13,14)15)48(57)45(39)54(22,23)24/h25-27,55-57H,1-24H3. The van der Waals surface area contributed by atoms with Gasteiger partial charge >= 0.3 is 0 Å². The molecule has 0 aliphatic heterocycles. The lowest BCUT2D eigenvalue weighted by molar-refractivity contribution is 0.423. The van der Waals surface area contributed by atoms with Crippen LogP contribution in [-0.4, -0.2) is 15.3 Å². The predicted octanol–water partition coefficient (Wildman–Crippen LogP) is 15.4. The van der Waals surface area contributed by atoms with Gasteiger partial charge in [-0.15, -0.1) is 0 Å². The fourth-order valence-electron chi connectivity index (χ4n) is 9.64. The zero-order valence-corrected chi connectivity index (χ0v) is 40.6. The monoisotopic (exact) mass is 775 g/mol. The van der Waals surface area contributed by atoms with E-state index in [0.29, 0.717) is 17.2 Å². The van der Waals surface area contributed by atoms with Crippen molar-refractivity contribution < 1.29 is 15.3 Å². The van der Waals surface area contributed by atoms with Crippen molar-refractivity contribution in [2.24, 2.45) is 0 Å². The van der Waals surface area contributed by atoms with Crippen molar-refractivity contribution in [2.75, 3.05) is 0 Å². The average molecular weight is 775 g/mol. The lowest BCUT2D eigenvalue weighted by Gasteiger charge is -2.36. The van der Waals surface area contributed by atoms with Crippen LogP contribution >= 0.6 is 0 Å². The molecular formula is C54H78O3. The van der Waals surface area contributed by atoms with Crippen molar-refractivity contribution >= 4 is 0 Å². The Morgan fingerprint density at radius 1 is 0.281 bits per heavy atom. The van der Waals surface area contributed by atoms with Gasteiger partial charge in [0.25, 0.3) is 0 Å². The molecule has 57 heavy (non-hydrogen) atoms. The second-order valence-electron chi connectivity index (χ2n) is 23.5. The van der Waals surface area contributed by atoms with E-state index in [2.05, 4.69) is 184 Å². The Morgan fingerprint density at radius 3 is 0.596 bits per heavy atom. The molecule has 0 amide bonds. The third-order valence-corrected chi connectivity index (χ3v) is 12.2. The van der Waals surface area contributed by atoms with Gasteiger partial charge in [0, 0.05) is 16.7 Å². The van der Waals surface area contributed by atoms with E-state index < -0.39 is 16.2 Å². The first-order chi connectivity index (χ1) is 25.4. The van der Waals surface area contributed by atoms with E-state index in [1.165, 1.54) is 0 Å². The van der Waals surface area contributed by atoms with Crippen LogP contribution in [0.2, 0.25) is 0 Å². The first kappa shape index (κ1) is 46.0. The Balaban J connectivity index is 2.55. The molecule has 0 unspecified atom stereocenters. The Labute approximate surface area is 348 Å². The summed E-state index contributed by atoms with van der Waals surface area (Å²) in [5, 5.41) is 37.3. The third-order valence-electron chi connectivity index (χ3n) is 12.2. The first-order valence-electron chi connectivity index (χ1n) is 21.2. The van der Waals surface area contributed by atoms with E-state index in [9.17, 15) is 15.3 Å². The van der Waals surface area contributed by atoms with E-state index in [0.717, 1.165) is 100 Å². The molecule has 0 aromatic heterocycles. The number of aromatic hydroxyl groups is 3. The summed E-state index contributed by atoms with van der Waals surface area (Å²) in [6.07, 6.45) is 0. The molecule has 0 bridgehead atoms. The summed E-state index contributed by atoms with van der Waals surface area (Å²) in [4.78, 5) is 0. The average Bonchev–Trinajstić information content (AvgIpc) is 2.97. The molecule has 4 aromatic carbocycles. The maximum Gasteiger partial charge on any atom is 0.123 e. The molecule has 0 atom stereocenters. The Bertz CT molecular complexity index is 1970. The van der Waals surface area contributed by atoms with Crippen LogP contribution in [0.3, 0.4) is 0 Å². The number of rotatable bonds is 3. The van der Waals surface area contributed by atoms with Crippen molar-refractivity contribution in [3.63, 3.8) is 0 Å². The highest BCUT2D eigenvalue weighted by Gasteiger charge is 2.38. The van der Waals surface area contributed by atoms with Crippen LogP contribution in [0.15, 0.2) is 18.2 Å². The fraction of sp³-hybridized carbons (Fsp3) is 0.556. The SMILES string of the molecule is Cc1cc(C(C)(C)C)c(O)c(C(C)(C)C)c1-c1c(C)c(-c2c(C)cc(C(C)(C)C)c(O)c2C(C)(C)C)c(C)c(-c2c(C)cc(C(C)(C)C)c(O)c2C(C)(C)C)c1C. The van der Waals surface area contributed by atoms with Gasteiger partial charge in [0.1, 0.15) is 17.2 Å². The summed E-state index contributed by atoms with van der Waals surface area (Å²) in [6, 6.07) is 6.59. The van der Waals surface area contributed by atoms with Crippen LogP contribution < -0.4 is 0 Å². The zero-order valence-electron chi connectivity index (χ0n) is 40.6. The van der Waals surface area contributed by atoms with Crippen LogP contribution in [0.4, 0.5) is 0 Å². The Morgan fingerprint density at radius 2 is 0.456 bits per heavy atom. The highest BCUT2D eigenvalue weighted by molar-refractivity contribution is 5.97. The lowest BCUT2D eigenvalue weighted by atomic mass is 9.68. The summed E-state index contributed by atoms with van der Waals surface area (Å²) in [7, 11) is 0. The molecular weight excluding hydrogens is 697 g/mol. The van der Waals surface area contributed by atoms with Gasteiger partial charge < -0.3 is 15.3 Å². The summed E-state index contributed by atoms with van der Waals surface area (Å²) in [5.74, 6) is 1.07. The number of phenols is 3. The van der Waals surface area contributed by atoms with Crippen LogP contribution in [0.25, 0.3) is 33.4 Å². The smallest absolute Gasteiger partial charge is 0.123 e. The molecule has 0 heterocycles. The molecule has 0 saturated heterocycles. The van der Waals surface area contributed by atoms with Gasteiger partial charge in [-0.3, -0.25) is 0 Å². The van der Waals surface area contributed by atoms with Crippen LogP contribution in [-0.2, 0) is 32.5 Å². The van der Waals surface area contributed by atoms with Gasteiger partial charge in [-0.25, -0.2) is 0 Å². The molecule has 0 aliphatic carbocycles. The van der Waals surface area contributed by atoms with E-state index in [1.54, 1.807) is 0 Å². The van der Waals surface area contributed by atoms with Crippen LogP contribution in [0, 0.1) is 41.5 Å². The van der Waals surface area contributed by atoms with Gasteiger partial charge in [-0.05, 0) is 157 Å². The van der Waals surface area contributed by atoms with Gasteiger partial charge in [-0.2, -0.15) is 0 Å². The van der Waals surface area contributed by atoms with E-state index in [4.69, 9.17) is 0 Å². The normalized spacial score (nSPS) is 13.5.